The Morgan fingerprint density at radius 1 is 1.14 bits per heavy atom. The van der Waals surface area contributed by atoms with E-state index in [1.807, 2.05) is 13.0 Å². The fraction of sp³-hybridized carbons (Fsp3) is 0.368. The summed E-state index contributed by atoms with van der Waals surface area (Å²) in [6.45, 7) is 4.97. The average Bonchev–Trinajstić information content (AvgIpc) is 2.54. The number of hydrogen-bond acceptors (Lipinski definition) is 2. The van der Waals surface area contributed by atoms with E-state index in [2.05, 4.69) is 36.1 Å². The third-order valence-electron chi connectivity index (χ3n) is 4.94. The fourth-order valence-corrected chi connectivity index (χ4v) is 3.41. The first-order valence-electron chi connectivity index (χ1n) is 7.90. The molecule has 2 N–H and O–H groups in total. The Balaban J connectivity index is 1.97. The van der Waals surface area contributed by atoms with Crippen molar-refractivity contribution in [2.24, 2.45) is 5.73 Å². The zero-order valence-corrected chi connectivity index (χ0v) is 13.2. The van der Waals surface area contributed by atoms with Gasteiger partial charge >= 0.3 is 0 Å². The molecule has 0 fully saturated rings. The normalized spacial score (nSPS) is 18.5. The number of para-hydroxylation sites is 1. The molecule has 3 rings (SSSR count). The number of halogens is 1. The SMILES string of the molecule is CC(N1CCCc2ccccc21)C(C)(N)c1ccccc1F. The summed E-state index contributed by atoms with van der Waals surface area (Å²) in [7, 11) is 0. The topological polar surface area (TPSA) is 29.3 Å². The minimum Gasteiger partial charge on any atom is -0.366 e. The molecule has 2 aromatic rings. The molecule has 1 heterocycles. The molecule has 3 heteroatoms. The van der Waals surface area contributed by atoms with Crippen molar-refractivity contribution in [3.8, 4) is 0 Å². The van der Waals surface area contributed by atoms with Gasteiger partial charge in [0.15, 0.2) is 0 Å². The zero-order chi connectivity index (χ0) is 15.7. The van der Waals surface area contributed by atoms with Crippen LogP contribution in [0.2, 0.25) is 0 Å². The van der Waals surface area contributed by atoms with Gasteiger partial charge in [0.1, 0.15) is 5.82 Å². The van der Waals surface area contributed by atoms with E-state index in [1.54, 1.807) is 12.1 Å². The monoisotopic (exact) mass is 298 g/mol. The Kier molecular flexibility index (Phi) is 3.92. The van der Waals surface area contributed by atoms with Crippen molar-refractivity contribution in [3.63, 3.8) is 0 Å². The zero-order valence-electron chi connectivity index (χ0n) is 13.2. The Morgan fingerprint density at radius 3 is 2.59 bits per heavy atom. The summed E-state index contributed by atoms with van der Waals surface area (Å²) in [6, 6.07) is 15.3. The molecule has 0 aromatic heterocycles. The van der Waals surface area contributed by atoms with Gasteiger partial charge in [-0.2, -0.15) is 0 Å². The van der Waals surface area contributed by atoms with Crippen molar-refractivity contribution in [1.29, 1.82) is 0 Å². The summed E-state index contributed by atoms with van der Waals surface area (Å²) in [5, 5.41) is 0. The van der Waals surface area contributed by atoms with Gasteiger partial charge in [-0.05, 0) is 44.4 Å². The Morgan fingerprint density at radius 2 is 1.82 bits per heavy atom. The molecule has 0 spiro atoms. The molecular formula is C19H23FN2. The maximum Gasteiger partial charge on any atom is 0.128 e. The van der Waals surface area contributed by atoms with E-state index in [4.69, 9.17) is 5.73 Å². The maximum atomic E-state index is 14.2. The third-order valence-corrected chi connectivity index (χ3v) is 4.94. The summed E-state index contributed by atoms with van der Waals surface area (Å²) in [4.78, 5) is 2.32. The van der Waals surface area contributed by atoms with E-state index in [1.165, 1.54) is 17.3 Å². The van der Waals surface area contributed by atoms with Crippen LogP contribution >= 0.6 is 0 Å². The second-order valence-corrected chi connectivity index (χ2v) is 6.36. The van der Waals surface area contributed by atoms with Crippen LogP contribution in [0.1, 0.15) is 31.4 Å². The van der Waals surface area contributed by atoms with Crippen molar-refractivity contribution < 1.29 is 4.39 Å². The van der Waals surface area contributed by atoms with Crippen LogP contribution in [0, 0.1) is 5.82 Å². The van der Waals surface area contributed by atoms with E-state index in [-0.39, 0.29) is 11.9 Å². The van der Waals surface area contributed by atoms with Crippen LogP contribution in [0.4, 0.5) is 10.1 Å². The molecule has 116 valence electrons. The Labute approximate surface area is 131 Å². The first-order valence-corrected chi connectivity index (χ1v) is 7.90. The smallest absolute Gasteiger partial charge is 0.128 e. The summed E-state index contributed by atoms with van der Waals surface area (Å²) in [5.41, 5.74) is 8.99. The van der Waals surface area contributed by atoms with Crippen molar-refractivity contribution in [2.45, 2.75) is 38.3 Å². The number of benzene rings is 2. The van der Waals surface area contributed by atoms with Gasteiger partial charge in [0.25, 0.3) is 0 Å². The van der Waals surface area contributed by atoms with E-state index in [0.29, 0.717) is 5.56 Å². The average molecular weight is 298 g/mol. The van der Waals surface area contributed by atoms with Gasteiger partial charge in [-0.25, -0.2) is 4.39 Å². The number of anilines is 1. The molecule has 0 saturated carbocycles. The molecule has 0 bridgehead atoms. The first-order chi connectivity index (χ1) is 10.5. The van der Waals surface area contributed by atoms with E-state index < -0.39 is 5.54 Å². The molecular weight excluding hydrogens is 275 g/mol. The standard InChI is InChI=1S/C19H23FN2/c1-14(19(2,21)16-10-4-5-11-17(16)20)22-13-7-9-15-8-3-6-12-18(15)22/h3-6,8,10-12,14H,7,9,13,21H2,1-2H3. The van der Waals surface area contributed by atoms with Crippen LogP contribution in [0.5, 0.6) is 0 Å². The van der Waals surface area contributed by atoms with Gasteiger partial charge in [0.2, 0.25) is 0 Å². The number of aryl methyl sites for hydroxylation is 1. The Bertz CT molecular complexity index is 666. The lowest BCUT2D eigenvalue weighted by Gasteiger charge is -2.44. The summed E-state index contributed by atoms with van der Waals surface area (Å²) in [5.74, 6) is -0.232. The molecule has 2 unspecified atom stereocenters. The third kappa shape index (κ3) is 2.50. The molecule has 2 nitrogen and oxygen atoms in total. The highest BCUT2D eigenvalue weighted by atomic mass is 19.1. The lowest BCUT2D eigenvalue weighted by Crippen LogP contribution is -2.54. The molecule has 2 aromatic carbocycles. The van der Waals surface area contributed by atoms with E-state index >= 15 is 0 Å². The van der Waals surface area contributed by atoms with Crippen molar-refractivity contribution in [2.75, 3.05) is 11.4 Å². The second kappa shape index (κ2) is 5.73. The van der Waals surface area contributed by atoms with Gasteiger partial charge in [-0.15, -0.1) is 0 Å². The second-order valence-electron chi connectivity index (χ2n) is 6.36. The van der Waals surface area contributed by atoms with Gasteiger partial charge in [-0.1, -0.05) is 36.4 Å². The first kappa shape index (κ1) is 15.0. The molecule has 0 amide bonds. The highest BCUT2D eigenvalue weighted by Gasteiger charge is 2.36. The van der Waals surface area contributed by atoms with Gasteiger partial charge < -0.3 is 10.6 Å². The molecule has 0 radical (unpaired) electrons. The summed E-state index contributed by atoms with van der Waals surface area (Å²) < 4.78 is 14.2. The van der Waals surface area contributed by atoms with Crippen molar-refractivity contribution in [3.05, 3.63) is 65.5 Å². The molecule has 2 atom stereocenters. The van der Waals surface area contributed by atoms with Gasteiger partial charge in [0.05, 0.1) is 5.54 Å². The van der Waals surface area contributed by atoms with Gasteiger partial charge in [0, 0.05) is 23.8 Å². The number of nitrogens with zero attached hydrogens (tertiary/aromatic N) is 1. The maximum absolute atomic E-state index is 14.2. The summed E-state index contributed by atoms with van der Waals surface area (Å²) in [6.07, 6.45) is 2.20. The minimum atomic E-state index is -0.754. The van der Waals surface area contributed by atoms with Crippen molar-refractivity contribution in [1.82, 2.24) is 0 Å². The molecule has 1 aliphatic heterocycles. The molecule has 0 aliphatic carbocycles. The quantitative estimate of drug-likeness (QED) is 0.933. The van der Waals surface area contributed by atoms with Crippen LogP contribution in [0.3, 0.4) is 0 Å². The lowest BCUT2D eigenvalue weighted by atomic mass is 9.83. The van der Waals surface area contributed by atoms with Crippen LogP contribution in [0.15, 0.2) is 48.5 Å². The summed E-state index contributed by atoms with van der Waals surface area (Å²) >= 11 is 0. The molecule has 0 saturated heterocycles. The van der Waals surface area contributed by atoms with E-state index in [0.717, 1.165) is 19.4 Å². The predicted molar refractivity (Wildman–Crippen MR) is 89.5 cm³/mol. The van der Waals surface area contributed by atoms with Crippen LogP contribution in [0.25, 0.3) is 0 Å². The lowest BCUT2D eigenvalue weighted by molar-refractivity contribution is 0.364. The number of fused-ring (bicyclic) bond motifs is 1. The predicted octanol–water partition coefficient (Wildman–Crippen LogP) is 3.84. The van der Waals surface area contributed by atoms with Crippen LogP contribution < -0.4 is 10.6 Å². The highest BCUT2D eigenvalue weighted by Crippen LogP contribution is 2.34. The highest BCUT2D eigenvalue weighted by molar-refractivity contribution is 5.57. The minimum absolute atomic E-state index is 0.00542. The van der Waals surface area contributed by atoms with Crippen molar-refractivity contribution >= 4 is 5.69 Å². The molecule has 1 aliphatic rings. The van der Waals surface area contributed by atoms with E-state index in [9.17, 15) is 4.39 Å². The van der Waals surface area contributed by atoms with Crippen LogP contribution in [-0.4, -0.2) is 12.6 Å². The van der Waals surface area contributed by atoms with Crippen LogP contribution in [-0.2, 0) is 12.0 Å². The Hall–Kier alpha value is -1.87. The fourth-order valence-electron chi connectivity index (χ4n) is 3.41. The molecule has 22 heavy (non-hydrogen) atoms. The number of hydrogen-bond donors (Lipinski definition) is 1. The number of nitrogens with two attached hydrogens (primary N) is 1. The number of rotatable bonds is 3. The largest absolute Gasteiger partial charge is 0.366 e. The van der Waals surface area contributed by atoms with Gasteiger partial charge in [-0.3, -0.25) is 0 Å².